The zero-order valence-electron chi connectivity index (χ0n) is 8.97. The van der Waals surface area contributed by atoms with Gasteiger partial charge in [0.2, 0.25) is 0 Å². The molecule has 2 aromatic rings. The zero-order chi connectivity index (χ0) is 11.8. The number of aliphatic hydroxyl groups excluding tert-OH is 1. The second-order valence-electron chi connectivity index (χ2n) is 3.94. The topological polar surface area (TPSA) is 79.4 Å². The van der Waals surface area contributed by atoms with E-state index in [1.54, 1.807) is 25.3 Å². The lowest BCUT2D eigenvalue weighted by atomic mass is 10.1. The molecule has 5 nitrogen and oxygen atoms in total. The Kier molecular flexibility index (Phi) is 2.79. The van der Waals surface area contributed by atoms with E-state index in [1.165, 1.54) is 11.3 Å². The number of aliphatic hydroxyl groups is 2. The van der Waals surface area contributed by atoms with Crippen LogP contribution in [-0.4, -0.2) is 20.4 Å². The molecule has 0 aliphatic carbocycles. The highest BCUT2D eigenvalue weighted by atomic mass is 32.1. The third kappa shape index (κ3) is 2.13. The molecule has 2 N–H and O–H groups in total. The largest absolute Gasteiger partial charge is 0.390 e. The van der Waals surface area contributed by atoms with E-state index in [-0.39, 0.29) is 6.61 Å². The normalized spacial score (nSPS) is 12.0. The van der Waals surface area contributed by atoms with Crippen LogP contribution in [0.5, 0.6) is 0 Å². The molecular weight excluding hydrogens is 228 g/mol. The van der Waals surface area contributed by atoms with Gasteiger partial charge >= 0.3 is 0 Å². The van der Waals surface area contributed by atoms with Crippen molar-refractivity contribution in [3.63, 3.8) is 0 Å². The summed E-state index contributed by atoms with van der Waals surface area (Å²) in [6.45, 7) is 3.16. The summed E-state index contributed by atoms with van der Waals surface area (Å²) < 4.78 is 5.03. The summed E-state index contributed by atoms with van der Waals surface area (Å²) in [6.07, 6.45) is 0. The van der Waals surface area contributed by atoms with Crippen molar-refractivity contribution in [2.45, 2.75) is 26.1 Å². The van der Waals surface area contributed by atoms with Gasteiger partial charge in [0.15, 0.2) is 5.76 Å². The van der Waals surface area contributed by atoms with Crippen molar-refractivity contribution >= 4 is 11.3 Å². The second kappa shape index (κ2) is 3.97. The van der Waals surface area contributed by atoms with Crippen molar-refractivity contribution in [1.29, 1.82) is 0 Å². The van der Waals surface area contributed by atoms with E-state index < -0.39 is 5.60 Å². The molecule has 86 valence electrons. The van der Waals surface area contributed by atoms with Crippen LogP contribution in [-0.2, 0) is 12.2 Å². The first-order valence-electron chi connectivity index (χ1n) is 4.76. The summed E-state index contributed by atoms with van der Waals surface area (Å²) in [6, 6.07) is 1.65. The maximum atomic E-state index is 9.71. The number of hydrogen-bond acceptors (Lipinski definition) is 6. The van der Waals surface area contributed by atoms with Gasteiger partial charge in [-0.15, -0.1) is 11.3 Å². The third-order valence-corrected chi connectivity index (χ3v) is 2.96. The molecule has 16 heavy (non-hydrogen) atoms. The molecule has 2 aromatic heterocycles. The molecule has 0 atom stereocenters. The van der Waals surface area contributed by atoms with E-state index in [0.717, 1.165) is 0 Å². The first-order valence-corrected chi connectivity index (χ1v) is 5.64. The number of thiazole rings is 1. The van der Waals surface area contributed by atoms with Crippen LogP contribution in [0.4, 0.5) is 0 Å². The smallest absolute Gasteiger partial charge is 0.168 e. The maximum Gasteiger partial charge on any atom is 0.168 e. The first kappa shape index (κ1) is 11.3. The molecule has 0 fully saturated rings. The van der Waals surface area contributed by atoms with E-state index in [9.17, 15) is 5.11 Å². The SMILES string of the molecule is CC(C)(O)c1cc(-c2nc(CO)cs2)no1. The second-order valence-corrected chi connectivity index (χ2v) is 4.80. The molecular formula is C10H12N2O3S. The lowest BCUT2D eigenvalue weighted by Gasteiger charge is -2.10. The molecule has 0 spiro atoms. The Morgan fingerprint density at radius 1 is 1.50 bits per heavy atom. The van der Waals surface area contributed by atoms with E-state index in [2.05, 4.69) is 10.1 Å². The summed E-state index contributed by atoms with van der Waals surface area (Å²) in [7, 11) is 0. The van der Waals surface area contributed by atoms with Crippen molar-refractivity contribution in [2.24, 2.45) is 0 Å². The summed E-state index contributed by atoms with van der Waals surface area (Å²) in [5.74, 6) is 0.392. The first-order chi connectivity index (χ1) is 7.50. The van der Waals surface area contributed by atoms with Gasteiger partial charge in [0.1, 0.15) is 16.3 Å². The Hall–Kier alpha value is -1.24. The van der Waals surface area contributed by atoms with Gasteiger partial charge in [-0.05, 0) is 13.8 Å². The fraction of sp³-hybridized carbons (Fsp3) is 0.400. The number of nitrogens with zero attached hydrogens (tertiary/aromatic N) is 2. The Morgan fingerprint density at radius 3 is 2.75 bits per heavy atom. The molecule has 0 aliphatic heterocycles. The summed E-state index contributed by atoms with van der Waals surface area (Å²) in [4.78, 5) is 4.16. The molecule has 0 unspecified atom stereocenters. The average molecular weight is 240 g/mol. The van der Waals surface area contributed by atoms with Gasteiger partial charge in [0, 0.05) is 11.4 Å². The summed E-state index contributed by atoms with van der Waals surface area (Å²) in [5.41, 5.74) is 0.122. The monoisotopic (exact) mass is 240 g/mol. The van der Waals surface area contributed by atoms with Gasteiger partial charge in [-0.2, -0.15) is 0 Å². The lowest BCUT2D eigenvalue weighted by Crippen LogP contribution is -2.13. The predicted octanol–water partition coefficient (Wildman–Crippen LogP) is 1.52. The molecule has 2 rings (SSSR count). The van der Waals surface area contributed by atoms with E-state index in [1.807, 2.05) is 0 Å². The van der Waals surface area contributed by atoms with E-state index >= 15 is 0 Å². The Labute approximate surface area is 96.4 Å². The van der Waals surface area contributed by atoms with Crippen LogP contribution < -0.4 is 0 Å². The molecule has 6 heteroatoms. The van der Waals surface area contributed by atoms with Crippen molar-refractivity contribution in [2.75, 3.05) is 0 Å². The Bertz CT molecular complexity index is 484. The van der Waals surface area contributed by atoms with Gasteiger partial charge in [-0.3, -0.25) is 0 Å². The standard InChI is InChI=1S/C10H12N2O3S/c1-10(2,14)8-3-7(12-15-8)9-11-6(4-13)5-16-9/h3,5,13-14H,4H2,1-2H3. The maximum absolute atomic E-state index is 9.71. The van der Waals surface area contributed by atoms with Crippen LogP contribution in [0.25, 0.3) is 10.7 Å². The predicted molar refractivity (Wildman–Crippen MR) is 58.8 cm³/mol. The molecule has 0 aliphatic rings. The van der Waals surface area contributed by atoms with Crippen LogP contribution >= 0.6 is 11.3 Å². The zero-order valence-corrected chi connectivity index (χ0v) is 9.78. The molecule has 0 saturated carbocycles. The summed E-state index contributed by atoms with van der Waals surface area (Å²) in [5, 5.41) is 24.9. The van der Waals surface area contributed by atoms with Gasteiger partial charge < -0.3 is 14.7 Å². The summed E-state index contributed by atoms with van der Waals surface area (Å²) >= 11 is 1.38. The Balaban J connectivity index is 2.31. The minimum atomic E-state index is -1.05. The lowest BCUT2D eigenvalue weighted by molar-refractivity contribution is 0.0476. The van der Waals surface area contributed by atoms with Crippen LogP contribution in [0.1, 0.15) is 25.3 Å². The molecule has 0 amide bonds. The van der Waals surface area contributed by atoms with Crippen molar-refractivity contribution in [3.05, 3.63) is 22.9 Å². The molecule has 0 bridgehead atoms. The van der Waals surface area contributed by atoms with Crippen LogP contribution in [0.3, 0.4) is 0 Å². The van der Waals surface area contributed by atoms with Crippen LogP contribution in [0.2, 0.25) is 0 Å². The van der Waals surface area contributed by atoms with Crippen molar-refractivity contribution < 1.29 is 14.7 Å². The molecule has 0 saturated heterocycles. The molecule has 0 aromatic carbocycles. The van der Waals surface area contributed by atoms with Crippen LogP contribution in [0.15, 0.2) is 16.0 Å². The minimum Gasteiger partial charge on any atom is -0.390 e. The molecule has 2 heterocycles. The highest BCUT2D eigenvalue weighted by molar-refractivity contribution is 7.13. The van der Waals surface area contributed by atoms with Crippen molar-refractivity contribution in [3.8, 4) is 10.7 Å². The van der Waals surface area contributed by atoms with E-state index in [0.29, 0.717) is 22.2 Å². The van der Waals surface area contributed by atoms with Gasteiger partial charge in [-0.1, -0.05) is 5.16 Å². The fourth-order valence-corrected chi connectivity index (χ4v) is 1.92. The quantitative estimate of drug-likeness (QED) is 0.850. The van der Waals surface area contributed by atoms with Gasteiger partial charge in [0.05, 0.1) is 12.3 Å². The number of hydrogen-bond donors (Lipinski definition) is 2. The minimum absolute atomic E-state index is 0.0906. The molecule has 0 radical (unpaired) electrons. The highest BCUT2D eigenvalue weighted by Gasteiger charge is 2.23. The average Bonchev–Trinajstić information content (AvgIpc) is 2.85. The number of rotatable bonds is 3. The third-order valence-electron chi connectivity index (χ3n) is 2.05. The van der Waals surface area contributed by atoms with Crippen LogP contribution in [0, 0.1) is 0 Å². The number of aromatic nitrogens is 2. The fourth-order valence-electron chi connectivity index (χ4n) is 1.16. The Morgan fingerprint density at radius 2 is 2.25 bits per heavy atom. The highest BCUT2D eigenvalue weighted by Crippen LogP contribution is 2.27. The van der Waals surface area contributed by atoms with Gasteiger partial charge in [0.25, 0.3) is 0 Å². The van der Waals surface area contributed by atoms with Gasteiger partial charge in [-0.25, -0.2) is 4.98 Å². The van der Waals surface area contributed by atoms with Crippen molar-refractivity contribution in [1.82, 2.24) is 10.1 Å². The van der Waals surface area contributed by atoms with E-state index in [4.69, 9.17) is 9.63 Å².